The van der Waals surface area contributed by atoms with Gasteiger partial charge in [0.2, 0.25) is 0 Å². The van der Waals surface area contributed by atoms with Crippen LogP contribution in [0, 0.1) is 0 Å². The Morgan fingerprint density at radius 2 is 1.83 bits per heavy atom. The van der Waals surface area contributed by atoms with Gasteiger partial charge in [-0.2, -0.15) is 18.3 Å². The number of fused-ring (bicyclic) bond motifs is 4. The molecule has 7 rings (SSSR count). The van der Waals surface area contributed by atoms with Gasteiger partial charge in [-0.3, -0.25) is 10.1 Å². The van der Waals surface area contributed by atoms with Crippen LogP contribution >= 0.6 is 35.0 Å². The number of furan rings is 1. The smallest absolute Gasteiger partial charge is 0.416 e. The molecule has 1 saturated heterocycles. The van der Waals surface area contributed by atoms with Gasteiger partial charge < -0.3 is 9.15 Å². The van der Waals surface area contributed by atoms with E-state index < -0.39 is 17.6 Å². The predicted molar refractivity (Wildman–Crippen MR) is 155 cm³/mol. The summed E-state index contributed by atoms with van der Waals surface area (Å²) in [5.41, 5.74) is 1.85. The first-order valence-electron chi connectivity index (χ1n) is 12.7. The molecule has 1 fully saturated rings. The van der Waals surface area contributed by atoms with E-state index in [0.29, 0.717) is 22.1 Å². The molecule has 0 saturated carbocycles. The van der Waals surface area contributed by atoms with Gasteiger partial charge in [0.05, 0.1) is 27.2 Å². The van der Waals surface area contributed by atoms with Crippen molar-refractivity contribution in [1.82, 2.24) is 10.3 Å². The molecule has 1 aromatic heterocycles. The second-order valence-electron chi connectivity index (χ2n) is 9.82. The molecular formula is C30H18Cl2F3N3O3S. The Balaban J connectivity index is 1.31. The summed E-state index contributed by atoms with van der Waals surface area (Å²) >= 11 is 13.3. The molecule has 3 aliphatic rings. The lowest BCUT2D eigenvalue weighted by molar-refractivity contribution is -0.137. The Labute approximate surface area is 251 Å². The summed E-state index contributed by atoms with van der Waals surface area (Å²) < 4.78 is 52.4. The maximum Gasteiger partial charge on any atom is 0.416 e. The SMILES string of the molecule is O=C1NC2(Oc3ccccc3C3CC(c4ccc(Cl)cc4)=NN32)/C(=C/c2ccc(-c3cc(C(F)(F)F)ccc3Cl)o2)S1. The van der Waals surface area contributed by atoms with Gasteiger partial charge in [0, 0.05) is 22.6 Å². The van der Waals surface area contributed by atoms with Crippen molar-refractivity contribution in [2.24, 2.45) is 5.10 Å². The average molecular weight is 628 g/mol. The van der Waals surface area contributed by atoms with Crippen LogP contribution in [0.2, 0.25) is 10.0 Å². The molecule has 0 radical (unpaired) electrons. The molecule has 1 spiro atoms. The zero-order valence-corrected chi connectivity index (χ0v) is 23.6. The lowest BCUT2D eigenvalue weighted by atomic mass is 9.96. The highest BCUT2D eigenvalue weighted by molar-refractivity contribution is 8.17. The van der Waals surface area contributed by atoms with Crippen LogP contribution in [-0.2, 0) is 6.18 Å². The number of hydrogen-bond donors (Lipinski definition) is 1. The average Bonchev–Trinajstić information content (AvgIpc) is 3.68. The standard InChI is InChI=1S/C30H18Cl2F3N3O3S/c31-18-8-5-16(6-9-18)23-15-24-20-3-1-2-4-26(20)41-30(38(24)37-23)27(42-28(39)36-30)14-19-10-12-25(40-19)21-13-17(29(33,34)35)7-11-22(21)32/h1-14,24H,15H2,(H,36,39)/b27-14-. The third-order valence-corrected chi connectivity index (χ3v) is 8.70. The van der Waals surface area contributed by atoms with Gasteiger partial charge >= 0.3 is 12.0 Å². The van der Waals surface area contributed by atoms with Gasteiger partial charge in [0.25, 0.3) is 5.24 Å². The van der Waals surface area contributed by atoms with E-state index >= 15 is 0 Å². The third-order valence-electron chi connectivity index (χ3n) is 7.21. The molecule has 3 aliphatic heterocycles. The summed E-state index contributed by atoms with van der Waals surface area (Å²) in [6, 6.07) is 20.8. The number of carbonyl (C=O) groups excluding carboxylic acids is 1. The highest BCUT2D eigenvalue weighted by Crippen LogP contribution is 2.53. The van der Waals surface area contributed by atoms with Crippen molar-refractivity contribution < 1.29 is 27.1 Å². The fourth-order valence-electron chi connectivity index (χ4n) is 5.28. The first-order valence-corrected chi connectivity index (χ1v) is 14.3. The molecule has 1 N–H and O–H groups in total. The van der Waals surface area contributed by atoms with E-state index in [-0.39, 0.29) is 33.4 Å². The van der Waals surface area contributed by atoms with Crippen molar-refractivity contribution in [2.45, 2.75) is 24.5 Å². The fraction of sp³-hybridized carbons (Fsp3) is 0.133. The summed E-state index contributed by atoms with van der Waals surface area (Å²) in [6.45, 7) is 0. The van der Waals surface area contributed by atoms with Crippen LogP contribution in [-0.4, -0.2) is 21.8 Å². The number of hydrazone groups is 1. The minimum absolute atomic E-state index is 0.0961. The maximum absolute atomic E-state index is 13.3. The molecule has 4 aromatic rings. The van der Waals surface area contributed by atoms with Crippen molar-refractivity contribution >= 4 is 52.0 Å². The number of ether oxygens (including phenoxy) is 1. The van der Waals surface area contributed by atoms with Gasteiger partial charge in [0.1, 0.15) is 17.3 Å². The molecule has 0 bridgehead atoms. The zero-order chi connectivity index (χ0) is 29.2. The Morgan fingerprint density at radius 1 is 1.05 bits per heavy atom. The molecular weight excluding hydrogens is 610 g/mol. The molecule has 6 nitrogen and oxygen atoms in total. The molecule has 1 amide bonds. The third kappa shape index (κ3) is 4.54. The maximum atomic E-state index is 13.3. The van der Waals surface area contributed by atoms with Gasteiger partial charge in [-0.1, -0.05) is 53.5 Å². The minimum Gasteiger partial charge on any atom is -0.457 e. The van der Waals surface area contributed by atoms with Crippen LogP contribution in [0.5, 0.6) is 5.75 Å². The van der Waals surface area contributed by atoms with Gasteiger partial charge in [0.15, 0.2) is 0 Å². The first kappa shape index (κ1) is 27.0. The highest BCUT2D eigenvalue weighted by Gasteiger charge is 2.58. The van der Waals surface area contributed by atoms with Crippen LogP contribution in [0.4, 0.5) is 18.0 Å². The van der Waals surface area contributed by atoms with Crippen LogP contribution in [0.25, 0.3) is 17.4 Å². The molecule has 12 heteroatoms. The number of benzene rings is 3. The number of rotatable bonds is 3. The minimum atomic E-state index is -4.54. The molecule has 2 atom stereocenters. The second kappa shape index (κ2) is 9.86. The Kier molecular flexibility index (Phi) is 6.34. The predicted octanol–water partition coefficient (Wildman–Crippen LogP) is 8.97. The van der Waals surface area contributed by atoms with E-state index in [9.17, 15) is 18.0 Å². The first-order chi connectivity index (χ1) is 20.1. The van der Waals surface area contributed by atoms with Gasteiger partial charge in [-0.15, -0.1) is 0 Å². The van der Waals surface area contributed by atoms with Crippen LogP contribution in [0.3, 0.4) is 0 Å². The number of nitrogens with zero attached hydrogens (tertiary/aromatic N) is 2. The van der Waals surface area contributed by atoms with E-state index in [1.165, 1.54) is 12.1 Å². The normalized spacial score (nSPS) is 22.2. The van der Waals surface area contributed by atoms with Crippen molar-refractivity contribution in [3.8, 4) is 17.1 Å². The molecule has 42 heavy (non-hydrogen) atoms. The molecule has 212 valence electrons. The second-order valence-corrected chi connectivity index (χ2v) is 11.7. The van der Waals surface area contributed by atoms with Crippen molar-refractivity contribution in [1.29, 1.82) is 0 Å². The van der Waals surface area contributed by atoms with Crippen molar-refractivity contribution in [2.75, 3.05) is 0 Å². The Morgan fingerprint density at radius 3 is 2.62 bits per heavy atom. The van der Waals surface area contributed by atoms with E-state index in [0.717, 1.165) is 40.7 Å². The van der Waals surface area contributed by atoms with Crippen molar-refractivity contribution in [3.05, 3.63) is 116 Å². The Hall–Kier alpha value is -3.86. The van der Waals surface area contributed by atoms with Gasteiger partial charge in [-0.25, -0.2) is 5.01 Å². The Bertz CT molecular complexity index is 1810. The van der Waals surface area contributed by atoms with Crippen molar-refractivity contribution in [3.63, 3.8) is 0 Å². The molecule has 0 aliphatic carbocycles. The topological polar surface area (TPSA) is 67.1 Å². The lowest BCUT2D eigenvalue weighted by Gasteiger charge is -2.44. The number of halogens is 5. The lowest BCUT2D eigenvalue weighted by Crippen LogP contribution is -2.61. The van der Waals surface area contributed by atoms with Crippen LogP contribution < -0.4 is 10.1 Å². The number of amides is 1. The number of alkyl halides is 3. The molecule has 4 heterocycles. The summed E-state index contributed by atoms with van der Waals surface area (Å²) in [7, 11) is 0. The van der Waals surface area contributed by atoms with E-state index in [4.69, 9.17) is 37.5 Å². The molecule has 3 aromatic carbocycles. The quantitative estimate of drug-likeness (QED) is 0.245. The van der Waals surface area contributed by atoms with E-state index in [1.807, 2.05) is 36.4 Å². The highest BCUT2D eigenvalue weighted by atomic mass is 35.5. The van der Waals surface area contributed by atoms with Crippen LogP contribution in [0.1, 0.15) is 34.9 Å². The fourth-order valence-corrected chi connectivity index (χ4v) is 6.50. The summed E-state index contributed by atoms with van der Waals surface area (Å²) in [4.78, 5) is 13.3. The summed E-state index contributed by atoms with van der Waals surface area (Å²) in [5, 5.41) is 9.97. The number of hydrogen-bond acceptors (Lipinski definition) is 6. The number of para-hydroxylation sites is 1. The number of nitrogens with one attached hydrogen (secondary N) is 1. The number of carbonyl (C=O) groups is 1. The number of thioether (sulfide) groups is 1. The van der Waals surface area contributed by atoms with E-state index in [1.54, 1.807) is 29.3 Å². The largest absolute Gasteiger partial charge is 0.457 e. The van der Waals surface area contributed by atoms with Gasteiger partial charge in [-0.05, 0) is 71.9 Å². The van der Waals surface area contributed by atoms with E-state index in [2.05, 4.69) is 5.32 Å². The summed E-state index contributed by atoms with van der Waals surface area (Å²) in [6.07, 6.45) is -2.37. The monoisotopic (exact) mass is 627 g/mol. The summed E-state index contributed by atoms with van der Waals surface area (Å²) in [5.74, 6) is -0.449. The zero-order valence-electron chi connectivity index (χ0n) is 21.3. The molecule has 2 unspecified atom stereocenters. The van der Waals surface area contributed by atoms with Crippen LogP contribution in [0.15, 0.2) is 93.3 Å².